The molecule has 0 fully saturated rings. The lowest BCUT2D eigenvalue weighted by molar-refractivity contribution is -0.140. The van der Waals surface area contributed by atoms with Crippen molar-refractivity contribution < 1.29 is 9.59 Å². The van der Waals surface area contributed by atoms with E-state index in [-0.39, 0.29) is 11.6 Å². The summed E-state index contributed by atoms with van der Waals surface area (Å²) in [5, 5.41) is 0. The molecule has 13 heavy (non-hydrogen) atoms. The van der Waals surface area contributed by atoms with Crippen LogP contribution in [0.2, 0.25) is 0 Å². The third-order valence-corrected chi connectivity index (χ3v) is 2.89. The zero-order chi connectivity index (χ0) is 10.5. The fourth-order valence-corrected chi connectivity index (χ4v) is 1.80. The number of Topliss-reactive ketones (excluding diaryl/α,β-unsaturated/α-hetero) is 2. The fourth-order valence-electron chi connectivity index (χ4n) is 1.80. The van der Waals surface area contributed by atoms with Crippen LogP contribution >= 0.6 is 0 Å². The first-order valence-electron chi connectivity index (χ1n) is 5.09. The van der Waals surface area contributed by atoms with E-state index in [0.717, 1.165) is 6.42 Å². The maximum Gasteiger partial charge on any atom is 0.146 e. The summed E-state index contributed by atoms with van der Waals surface area (Å²) < 4.78 is 0. The molecule has 2 nitrogen and oxygen atoms in total. The van der Waals surface area contributed by atoms with Crippen LogP contribution in [-0.2, 0) is 9.59 Å². The lowest BCUT2D eigenvalue weighted by atomic mass is 9.74. The summed E-state index contributed by atoms with van der Waals surface area (Å²) in [6.07, 6.45) is 2.63. The highest BCUT2D eigenvalue weighted by Crippen LogP contribution is 2.30. The molecule has 0 saturated heterocycles. The van der Waals surface area contributed by atoms with Crippen LogP contribution in [0.25, 0.3) is 0 Å². The Bertz CT molecular complexity index is 190. The van der Waals surface area contributed by atoms with Gasteiger partial charge in [0, 0.05) is 6.42 Å². The topological polar surface area (TPSA) is 34.1 Å². The van der Waals surface area contributed by atoms with E-state index in [1.54, 1.807) is 0 Å². The molecular formula is C11H20O2. The lowest BCUT2D eigenvalue weighted by Gasteiger charge is -2.26. The Morgan fingerprint density at radius 1 is 1.08 bits per heavy atom. The minimum absolute atomic E-state index is 0.0240. The SMILES string of the molecule is CCCC(=O)C(CC)(CC)C(C)=O. The lowest BCUT2D eigenvalue weighted by Crippen LogP contribution is -2.36. The van der Waals surface area contributed by atoms with Crippen molar-refractivity contribution in [2.24, 2.45) is 5.41 Å². The summed E-state index contributed by atoms with van der Waals surface area (Å²) >= 11 is 0. The summed E-state index contributed by atoms with van der Waals surface area (Å²) in [4.78, 5) is 23.2. The first kappa shape index (κ1) is 12.3. The van der Waals surface area contributed by atoms with E-state index in [1.165, 1.54) is 6.92 Å². The predicted molar refractivity (Wildman–Crippen MR) is 53.6 cm³/mol. The average molecular weight is 184 g/mol. The number of hydrogen-bond donors (Lipinski definition) is 0. The molecular weight excluding hydrogens is 164 g/mol. The van der Waals surface area contributed by atoms with Gasteiger partial charge in [-0.15, -0.1) is 0 Å². The molecule has 0 aromatic heterocycles. The van der Waals surface area contributed by atoms with Crippen LogP contribution in [0, 0.1) is 5.41 Å². The van der Waals surface area contributed by atoms with Crippen molar-refractivity contribution >= 4 is 11.6 Å². The van der Waals surface area contributed by atoms with Gasteiger partial charge in [0.05, 0.1) is 5.41 Å². The number of hydrogen-bond acceptors (Lipinski definition) is 2. The van der Waals surface area contributed by atoms with Gasteiger partial charge in [0.25, 0.3) is 0 Å². The molecule has 0 aromatic rings. The molecule has 2 heteroatoms. The molecule has 0 rings (SSSR count). The van der Waals surface area contributed by atoms with Gasteiger partial charge in [-0.25, -0.2) is 0 Å². The van der Waals surface area contributed by atoms with Crippen LogP contribution in [0.3, 0.4) is 0 Å². The van der Waals surface area contributed by atoms with Crippen LogP contribution in [0.15, 0.2) is 0 Å². The van der Waals surface area contributed by atoms with E-state index in [0.29, 0.717) is 19.3 Å². The molecule has 0 aliphatic heterocycles. The predicted octanol–water partition coefficient (Wildman–Crippen LogP) is 2.75. The molecule has 0 amide bonds. The second kappa shape index (κ2) is 5.15. The van der Waals surface area contributed by atoms with Gasteiger partial charge in [0.2, 0.25) is 0 Å². The van der Waals surface area contributed by atoms with Gasteiger partial charge in [-0.2, -0.15) is 0 Å². The van der Waals surface area contributed by atoms with E-state index >= 15 is 0 Å². The standard InChI is InChI=1S/C11H20O2/c1-5-8-10(13)11(6-2,7-3)9(4)12/h5-8H2,1-4H3. The van der Waals surface area contributed by atoms with Crippen molar-refractivity contribution in [2.45, 2.75) is 53.4 Å². The molecule has 0 radical (unpaired) electrons. The minimum Gasteiger partial charge on any atom is -0.299 e. The summed E-state index contributed by atoms with van der Waals surface area (Å²) in [5.41, 5.74) is -0.685. The monoisotopic (exact) mass is 184 g/mol. The normalized spacial score (nSPS) is 11.4. The molecule has 0 aliphatic carbocycles. The molecule has 0 heterocycles. The van der Waals surface area contributed by atoms with E-state index in [1.807, 2.05) is 20.8 Å². The highest BCUT2D eigenvalue weighted by Gasteiger charge is 2.38. The van der Waals surface area contributed by atoms with Gasteiger partial charge >= 0.3 is 0 Å². The smallest absolute Gasteiger partial charge is 0.146 e. The van der Waals surface area contributed by atoms with Crippen molar-refractivity contribution in [3.63, 3.8) is 0 Å². The first-order valence-corrected chi connectivity index (χ1v) is 5.09. The molecule has 76 valence electrons. The zero-order valence-electron chi connectivity index (χ0n) is 9.14. The van der Waals surface area contributed by atoms with E-state index in [2.05, 4.69) is 0 Å². The Hall–Kier alpha value is -0.660. The Balaban J connectivity index is 4.75. The van der Waals surface area contributed by atoms with Gasteiger partial charge < -0.3 is 0 Å². The van der Waals surface area contributed by atoms with Crippen molar-refractivity contribution in [3.05, 3.63) is 0 Å². The highest BCUT2D eigenvalue weighted by atomic mass is 16.2. The molecule has 0 aromatic carbocycles. The van der Waals surface area contributed by atoms with Crippen LogP contribution in [0.5, 0.6) is 0 Å². The van der Waals surface area contributed by atoms with Crippen LogP contribution < -0.4 is 0 Å². The molecule has 0 N–H and O–H groups in total. The first-order chi connectivity index (χ1) is 6.05. The maximum absolute atomic E-state index is 11.7. The van der Waals surface area contributed by atoms with Gasteiger partial charge in [-0.1, -0.05) is 20.8 Å². The minimum atomic E-state index is -0.685. The molecule has 0 bridgehead atoms. The molecule has 0 unspecified atom stereocenters. The Morgan fingerprint density at radius 3 is 1.77 bits per heavy atom. The number of ketones is 2. The van der Waals surface area contributed by atoms with Gasteiger partial charge in [0.1, 0.15) is 11.6 Å². The summed E-state index contributed by atoms with van der Waals surface area (Å²) in [7, 11) is 0. The third kappa shape index (κ3) is 2.39. The molecule has 0 saturated carbocycles. The van der Waals surface area contributed by atoms with Crippen molar-refractivity contribution in [3.8, 4) is 0 Å². The fraction of sp³-hybridized carbons (Fsp3) is 0.818. The van der Waals surface area contributed by atoms with Crippen molar-refractivity contribution in [1.82, 2.24) is 0 Å². The van der Waals surface area contributed by atoms with Crippen molar-refractivity contribution in [1.29, 1.82) is 0 Å². The maximum atomic E-state index is 11.7. The van der Waals surface area contributed by atoms with E-state index in [9.17, 15) is 9.59 Å². The van der Waals surface area contributed by atoms with Gasteiger partial charge in [-0.3, -0.25) is 9.59 Å². The Morgan fingerprint density at radius 2 is 1.54 bits per heavy atom. The Kier molecular flexibility index (Phi) is 4.89. The number of carbonyl (C=O) groups excluding carboxylic acids is 2. The second-order valence-electron chi connectivity index (χ2n) is 3.52. The van der Waals surface area contributed by atoms with Gasteiger partial charge in [0.15, 0.2) is 0 Å². The average Bonchev–Trinajstić information content (AvgIpc) is 2.07. The van der Waals surface area contributed by atoms with Crippen LogP contribution in [0.1, 0.15) is 53.4 Å². The van der Waals surface area contributed by atoms with E-state index < -0.39 is 5.41 Å². The quantitative estimate of drug-likeness (QED) is 0.595. The summed E-state index contributed by atoms with van der Waals surface area (Å²) in [6.45, 7) is 7.32. The number of rotatable bonds is 6. The third-order valence-electron chi connectivity index (χ3n) is 2.89. The largest absolute Gasteiger partial charge is 0.299 e. The molecule has 0 atom stereocenters. The second-order valence-corrected chi connectivity index (χ2v) is 3.52. The van der Waals surface area contributed by atoms with Crippen LogP contribution in [0.4, 0.5) is 0 Å². The van der Waals surface area contributed by atoms with E-state index in [4.69, 9.17) is 0 Å². The summed E-state index contributed by atoms with van der Waals surface area (Å²) in [5.74, 6) is 0.142. The van der Waals surface area contributed by atoms with Crippen molar-refractivity contribution in [2.75, 3.05) is 0 Å². The van der Waals surface area contributed by atoms with Gasteiger partial charge in [-0.05, 0) is 26.2 Å². The summed E-state index contributed by atoms with van der Waals surface area (Å²) in [6, 6.07) is 0. The Labute approximate surface area is 80.7 Å². The molecule has 0 aliphatic rings. The zero-order valence-corrected chi connectivity index (χ0v) is 9.14. The highest BCUT2D eigenvalue weighted by molar-refractivity contribution is 6.05. The van der Waals surface area contributed by atoms with Crippen LogP contribution in [-0.4, -0.2) is 11.6 Å². The molecule has 0 spiro atoms. The number of carbonyl (C=O) groups is 2.